The van der Waals surface area contributed by atoms with Crippen LogP contribution in [0.1, 0.15) is 40.0 Å². The SMILES string of the molecule is CCC(=O)Nc1cccc(NC(=O)CCC(C)(C)N)c1. The molecule has 5 nitrogen and oxygen atoms in total. The molecule has 0 bridgehead atoms. The Balaban J connectivity index is 2.57. The fourth-order valence-electron chi connectivity index (χ4n) is 1.58. The Labute approximate surface area is 119 Å². The maximum Gasteiger partial charge on any atom is 0.224 e. The zero-order valence-electron chi connectivity index (χ0n) is 12.3. The van der Waals surface area contributed by atoms with E-state index in [1.54, 1.807) is 31.2 Å². The molecule has 0 aliphatic rings. The summed E-state index contributed by atoms with van der Waals surface area (Å²) >= 11 is 0. The van der Waals surface area contributed by atoms with Crippen LogP contribution in [0.3, 0.4) is 0 Å². The Morgan fingerprint density at radius 1 is 1.15 bits per heavy atom. The molecule has 0 atom stereocenters. The molecule has 4 N–H and O–H groups in total. The largest absolute Gasteiger partial charge is 0.326 e. The third-order valence-electron chi connectivity index (χ3n) is 2.75. The normalized spacial score (nSPS) is 11.0. The van der Waals surface area contributed by atoms with Crippen molar-refractivity contribution in [2.24, 2.45) is 5.73 Å². The van der Waals surface area contributed by atoms with Crippen molar-refractivity contribution < 1.29 is 9.59 Å². The summed E-state index contributed by atoms with van der Waals surface area (Å²) in [6.07, 6.45) is 1.41. The van der Waals surface area contributed by atoms with Crippen molar-refractivity contribution in [1.29, 1.82) is 0 Å². The molecular formula is C15H23N3O2. The highest BCUT2D eigenvalue weighted by Crippen LogP contribution is 2.16. The summed E-state index contributed by atoms with van der Waals surface area (Å²) in [7, 11) is 0. The first-order valence-electron chi connectivity index (χ1n) is 6.79. The predicted molar refractivity (Wildman–Crippen MR) is 81.5 cm³/mol. The van der Waals surface area contributed by atoms with Crippen molar-refractivity contribution in [2.45, 2.75) is 45.6 Å². The minimum absolute atomic E-state index is 0.0571. The molecule has 2 amide bonds. The van der Waals surface area contributed by atoms with Gasteiger partial charge >= 0.3 is 0 Å². The van der Waals surface area contributed by atoms with Gasteiger partial charge in [0.25, 0.3) is 0 Å². The molecule has 0 heterocycles. The van der Waals surface area contributed by atoms with Crippen LogP contribution in [0.25, 0.3) is 0 Å². The van der Waals surface area contributed by atoms with Crippen LogP contribution in [0.5, 0.6) is 0 Å². The number of hydrogen-bond donors (Lipinski definition) is 3. The zero-order chi connectivity index (χ0) is 15.2. The molecule has 0 aromatic heterocycles. The first-order valence-corrected chi connectivity index (χ1v) is 6.79. The summed E-state index contributed by atoms with van der Waals surface area (Å²) in [5, 5.41) is 5.55. The van der Waals surface area contributed by atoms with Crippen molar-refractivity contribution in [3.63, 3.8) is 0 Å². The fourth-order valence-corrected chi connectivity index (χ4v) is 1.58. The van der Waals surface area contributed by atoms with Crippen molar-refractivity contribution in [3.8, 4) is 0 Å². The van der Waals surface area contributed by atoms with E-state index in [2.05, 4.69) is 10.6 Å². The number of carbonyl (C=O) groups excluding carboxylic acids is 2. The van der Waals surface area contributed by atoms with E-state index in [0.717, 1.165) is 0 Å². The molecule has 0 aliphatic heterocycles. The molecule has 0 saturated carbocycles. The number of benzene rings is 1. The first kappa shape index (κ1) is 16.2. The maximum absolute atomic E-state index is 11.8. The Bertz CT molecular complexity index is 478. The van der Waals surface area contributed by atoms with Crippen LogP contribution in [0.2, 0.25) is 0 Å². The highest BCUT2D eigenvalue weighted by atomic mass is 16.2. The standard InChI is InChI=1S/C15H23N3O2/c1-4-13(19)17-11-6-5-7-12(10-11)18-14(20)8-9-15(2,3)16/h5-7,10H,4,8-9,16H2,1-3H3,(H,17,19)(H,18,20). The summed E-state index contributed by atoms with van der Waals surface area (Å²) < 4.78 is 0. The molecule has 0 radical (unpaired) electrons. The van der Waals surface area contributed by atoms with E-state index in [0.29, 0.717) is 30.6 Å². The maximum atomic E-state index is 11.8. The van der Waals surface area contributed by atoms with Gasteiger partial charge in [-0.1, -0.05) is 13.0 Å². The second-order valence-corrected chi connectivity index (χ2v) is 5.52. The Kier molecular flexibility index (Phi) is 5.70. The van der Waals surface area contributed by atoms with Crippen LogP contribution in [0.15, 0.2) is 24.3 Å². The fraction of sp³-hybridized carbons (Fsp3) is 0.467. The number of hydrogen-bond acceptors (Lipinski definition) is 3. The van der Waals surface area contributed by atoms with Crippen LogP contribution < -0.4 is 16.4 Å². The third kappa shape index (κ3) is 6.33. The lowest BCUT2D eigenvalue weighted by Gasteiger charge is -2.17. The molecule has 1 rings (SSSR count). The summed E-state index contributed by atoms with van der Waals surface area (Å²) in [5.74, 6) is -0.138. The minimum atomic E-state index is -0.353. The summed E-state index contributed by atoms with van der Waals surface area (Å²) in [6.45, 7) is 5.57. The van der Waals surface area contributed by atoms with Crippen molar-refractivity contribution in [2.75, 3.05) is 10.6 Å². The van der Waals surface area contributed by atoms with E-state index in [1.807, 2.05) is 13.8 Å². The van der Waals surface area contributed by atoms with Crippen molar-refractivity contribution >= 4 is 23.2 Å². The molecule has 1 aromatic carbocycles. The summed E-state index contributed by atoms with van der Waals surface area (Å²) in [6, 6.07) is 7.09. The van der Waals surface area contributed by atoms with Crippen LogP contribution in [-0.2, 0) is 9.59 Å². The van der Waals surface area contributed by atoms with E-state index >= 15 is 0 Å². The highest BCUT2D eigenvalue weighted by Gasteiger charge is 2.13. The molecular weight excluding hydrogens is 254 g/mol. The highest BCUT2D eigenvalue weighted by molar-refractivity contribution is 5.93. The van der Waals surface area contributed by atoms with Gasteiger partial charge in [-0.05, 0) is 38.5 Å². The number of nitrogens with one attached hydrogen (secondary N) is 2. The molecule has 20 heavy (non-hydrogen) atoms. The van der Waals surface area contributed by atoms with Gasteiger partial charge in [0.05, 0.1) is 0 Å². The second-order valence-electron chi connectivity index (χ2n) is 5.52. The molecule has 5 heteroatoms. The van der Waals surface area contributed by atoms with Gasteiger partial charge in [0, 0.05) is 29.8 Å². The Morgan fingerprint density at radius 2 is 1.70 bits per heavy atom. The number of amides is 2. The van der Waals surface area contributed by atoms with Gasteiger partial charge < -0.3 is 16.4 Å². The van der Waals surface area contributed by atoms with Crippen LogP contribution in [0, 0.1) is 0 Å². The van der Waals surface area contributed by atoms with E-state index in [1.165, 1.54) is 0 Å². The lowest BCUT2D eigenvalue weighted by Crippen LogP contribution is -2.33. The topological polar surface area (TPSA) is 84.2 Å². The lowest BCUT2D eigenvalue weighted by molar-refractivity contribution is -0.117. The Morgan fingerprint density at radius 3 is 2.20 bits per heavy atom. The molecule has 0 aliphatic carbocycles. The van der Waals surface area contributed by atoms with Gasteiger partial charge in [0.15, 0.2) is 0 Å². The molecule has 0 spiro atoms. The quantitative estimate of drug-likeness (QED) is 0.747. The van der Waals surface area contributed by atoms with Gasteiger partial charge in [0.2, 0.25) is 11.8 Å². The number of anilines is 2. The molecule has 110 valence electrons. The Hall–Kier alpha value is -1.88. The average Bonchev–Trinajstić information content (AvgIpc) is 2.36. The minimum Gasteiger partial charge on any atom is -0.326 e. The first-order chi connectivity index (χ1) is 9.30. The van der Waals surface area contributed by atoms with E-state index in [-0.39, 0.29) is 17.4 Å². The summed E-state index contributed by atoms with van der Waals surface area (Å²) in [4.78, 5) is 23.1. The van der Waals surface area contributed by atoms with Crippen LogP contribution in [0.4, 0.5) is 11.4 Å². The third-order valence-corrected chi connectivity index (χ3v) is 2.75. The lowest BCUT2D eigenvalue weighted by atomic mass is 10.00. The van der Waals surface area contributed by atoms with E-state index < -0.39 is 0 Å². The van der Waals surface area contributed by atoms with Crippen LogP contribution >= 0.6 is 0 Å². The summed E-state index contributed by atoms with van der Waals surface area (Å²) in [5.41, 5.74) is 6.83. The second kappa shape index (κ2) is 7.05. The van der Waals surface area contributed by atoms with Crippen molar-refractivity contribution in [3.05, 3.63) is 24.3 Å². The molecule has 0 fully saturated rings. The van der Waals surface area contributed by atoms with Gasteiger partial charge in [-0.3, -0.25) is 9.59 Å². The van der Waals surface area contributed by atoms with Gasteiger partial charge in [-0.2, -0.15) is 0 Å². The molecule has 0 unspecified atom stereocenters. The van der Waals surface area contributed by atoms with Gasteiger partial charge in [0.1, 0.15) is 0 Å². The molecule has 0 saturated heterocycles. The van der Waals surface area contributed by atoms with Crippen molar-refractivity contribution in [1.82, 2.24) is 0 Å². The molecule has 1 aromatic rings. The van der Waals surface area contributed by atoms with Crippen LogP contribution in [-0.4, -0.2) is 17.4 Å². The smallest absolute Gasteiger partial charge is 0.224 e. The van der Waals surface area contributed by atoms with E-state index in [4.69, 9.17) is 5.73 Å². The average molecular weight is 277 g/mol. The number of carbonyl (C=O) groups is 2. The zero-order valence-corrected chi connectivity index (χ0v) is 12.3. The number of nitrogens with two attached hydrogens (primary N) is 1. The number of rotatable bonds is 6. The van der Waals surface area contributed by atoms with E-state index in [9.17, 15) is 9.59 Å². The van der Waals surface area contributed by atoms with Gasteiger partial charge in [-0.25, -0.2) is 0 Å². The van der Waals surface area contributed by atoms with Gasteiger partial charge in [-0.15, -0.1) is 0 Å². The predicted octanol–water partition coefficient (Wildman–Crippen LogP) is 2.49. The monoisotopic (exact) mass is 277 g/mol.